The van der Waals surface area contributed by atoms with Crippen molar-refractivity contribution in [3.63, 3.8) is 0 Å². The lowest BCUT2D eigenvalue weighted by Gasteiger charge is -2.55. The van der Waals surface area contributed by atoms with Gasteiger partial charge in [0.05, 0.1) is 11.4 Å². The number of aromatic nitrogens is 2. The summed E-state index contributed by atoms with van der Waals surface area (Å²) in [5.41, 5.74) is 2.00. The first-order chi connectivity index (χ1) is 10.0. The molecule has 3 nitrogen and oxygen atoms in total. The van der Waals surface area contributed by atoms with Crippen molar-refractivity contribution in [1.29, 1.82) is 0 Å². The summed E-state index contributed by atoms with van der Waals surface area (Å²) in [7, 11) is 1.93. The van der Waals surface area contributed by atoms with E-state index in [1.54, 1.807) is 0 Å². The van der Waals surface area contributed by atoms with Gasteiger partial charge in [-0.1, -0.05) is 0 Å². The number of aryl methyl sites for hydroxylation is 2. The quantitative estimate of drug-likeness (QED) is 0.796. The Balaban J connectivity index is 1.56. The minimum Gasteiger partial charge on any atom is -0.294 e. The van der Waals surface area contributed by atoms with E-state index in [2.05, 4.69) is 5.10 Å². The van der Waals surface area contributed by atoms with Crippen LogP contribution >= 0.6 is 0 Å². The summed E-state index contributed by atoms with van der Waals surface area (Å²) < 4.78 is 1.85. The lowest BCUT2D eigenvalue weighted by Crippen LogP contribution is -2.49. The molecule has 4 fully saturated rings. The van der Waals surface area contributed by atoms with Crippen molar-refractivity contribution < 1.29 is 4.79 Å². The molecule has 4 aliphatic rings. The smallest absolute Gasteiger partial charge is 0.161 e. The van der Waals surface area contributed by atoms with Crippen LogP contribution in [0.5, 0.6) is 0 Å². The molecule has 0 spiro atoms. The van der Waals surface area contributed by atoms with E-state index in [-0.39, 0.29) is 5.41 Å². The highest BCUT2D eigenvalue weighted by atomic mass is 16.1. The number of nitrogens with zero attached hydrogens (tertiary/aromatic N) is 2. The number of hydrogen-bond donors (Lipinski definition) is 0. The average molecular weight is 284 g/mol. The number of allylic oxidation sites excluding steroid dienone is 1. The molecule has 4 bridgehead atoms. The zero-order valence-electron chi connectivity index (χ0n) is 13.0. The minimum absolute atomic E-state index is 0.0150. The molecule has 0 radical (unpaired) electrons. The van der Waals surface area contributed by atoms with E-state index in [9.17, 15) is 4.79 Å². The van der Waals surface area contributed by atoms with Crippen molar-refractivity contribution >= 4 is 11.9 Å². The normalized spacial score (nSPS) is 37.5. The molecule has 112 valence electrons. The van der Waals surface area contributed by atoms with Gasteiger partial charge >= 0.3 is 0 Å². The summed E-state index contributed by atoms with van der Waals surface area (Å²) in [6.07, 6.45) is 11.4. The van der Waals surface area contributed by atoms with Crippen LogP contribution in [0.25, 0.3) is 6.08 Å². The third kappa shape index (κ3) is 2.18. The van der Waals surface area contributed by atoms with Crippen molar-refractivity contribution in [3.05, 3.63) is 23.5 Å². The van der Waals surface area contributed by atoms with Gasteiger partial charge in [0.25, 0.3) is 0 Å². The zero-order valence-corrected chi connectivity index (χ0v) is 13.0. The number of rotatable bonds is 3. The highest BCUT2D eigenvalue weighted by Crippen LogP contribution is 2.60. The van der Waals surface area contributed by atoms with Crippen LogP contribution in [-0.4, -0.2) is 15.6 Å². The fraction of sp³-hybridized carbons (Fsp3) is 0.667. The van der Waals surface area contributed by atoms with Gasteiger partial charge in [0.2, 0.25) is 0 Å². The molecule has 1 aromatic rings. The summed E-state index contributed by atoms with van der Waals surface area (Å²) in [6.45, 7) is 1.98. The Morgan fingerprint density at radius 1 is 1.24 bits per heavy atom. The topological polar surface area (TPSA) is 34.9 Å². The molecule has 0 N–H and O–H groups in total. The molecule has 0 saturated heterocycles. The van der Waals surface area contributed by atoms with Crippen LogP contribution in [0.3, 0.4) is 0 Å². The Morgan fingerprint density at radius 2 is 1.81 bits per heavy atom. The molecular formula is C18H24N2O. The Morgan fingerprint density at radius 3 is 2.29 bits per heavy atom. The molecule has 0 amide bonds. The van der Waals surface area contributed by atoms with Gasteiger partial charge in [-0.3, -0.25) is 9.48 Å². The first-order valence-electron chi connectivity index (χ1n) is 8.27. The van der Waals surface area contributed by atoms with Crippen LogP contribution in [0.2, 0.25) is 0 Å². The second-order valence-corrected chi connectivity index (χ2v) is 7.73. The van der Waals surface area contributed by atoms with Gasteiger partial charge in [0, 0.05) is 12.5 Å². The fourth-order valence-corrected chi connectivity index (χ4v) is 5.54. The van der Waals surface area contributed by atoms with E-state index in [0.29, 0.717) is 5.78 Å². The Bertz CT molecular complexity index is 575. The second kappa shape index (κ2) is 4.56. The summed E-state index contributed by atoms with van der Waals surface area (Å²) in [4.78, 5) is 12.9. The first kappa shape index (κ1) is 13.3. The van der Waals surface area contributed by atoms with E-state index in [1.165, 1.54) is 19.3 Å². The van der Waals surface area contributed by atoms with E-state index in [0.717, 1.165) is 48.4 Å². The van der Waals surface area contributed by atoms with E-state index in [1.807, 2.05) is 36.9 Å². The van der Waals surface area contributed by atoms with Crippen molar-refractivity contribution in [3.8, 4) is 0 Å². The molecule has 1 aromatic heterocycles. The maximum Gasteiger partial charge on any atom is 0.161 e. The molecular weight excluding hydrogens is 260 g/mol. The molecule has 0 aromatic carbocycles. The Kier molecular flexibility index (Phi) is 2.88. The molecule has 21 heavy (non-hydrogen) atoms. The SMILES string of the molecule is Cc1cc(/C=C/C(=O)C23CC4CC(CC(C4)C2)C3)n(C)n1. The first-order valence-corrected chi connectivity index (χ1v) is 8.27. The second-order valence-electron chi connectivity index (χ2n) is 7.73. The molecule has 4 saturated carbocycles. The zero-order chi connectivity index (χ0) is 14.6. The van der Waals surface area contributed by atoms with Crippen molar-refractivity contribution in [2.24, 2.45) is 30.2 Å². The van der Waals surface area contributed by atoms with Gasteiger partial charge in [0.1, 0.15) is 0 Å². The monoisotopic (exact) mass is 284 g/mol. The van der Waals surface area contributed by atoms with Crippen LogP contribution in [0.1, 0.15) is 49.9 Å². The molecule has 0 unspecified atom stereocenters. The molecule has 5 rings (SSSR count). The van der Waals surface area contributed by atoms with Crippen LogP contribution in [0, 0.1) is 30.1 Å². The predicted molar refractivity (Wildman–Crippen MR) is 82.6 cm³/mol. The minimum atomic E-state index is -0.0150. The maximum atomic E-state index is 12.9. The van der Waals surface area contributed by atoms with Crippen molar-refractivity contribution in [1.82, 2.24) is 9.78 Å². The number of ketones is 1. The van der Waals surface area contributed by atoms with E-state index in [4.69, 9.17) is 0 Å². The van der Waals surface area contributed by atoms with Crippen LogP contribution < -0.4 is 0 Å². The lowest BCUT2D eigenvalue weighted by atomic mass is 9.48. The summed E-state index contributed by atoms with van der Waals surface area (Å²) in [6, 6.07) is 2.03. The number of carbonyl (C=O) groups excluding carboxylic acids is 1. The average Bonchev–Trinajstić information content (AvgIpc) is 2.72. The van der Waals surface area contributed by atoms with Crippen LogP contribution in [0.4, 0.5) is 0 Å². The maximum absolute atomic E-state index is 12.9. The number of hydrogen-bond acceptors (Lipinski definition) is 2. The van der Waals surface area contributed by atoms with Gasteiger partial charge in [-0.2, -0.15) is 5.10 Å². The van der Waals surface area contributed by atoms with Gasteiger partial charge < -0.3 is 0 Å². The third-order valence-electron chi connectivity index (χ3n) is 6.00. The van der Waals surface area contributed by atoms with E-state index < -0.39 is 0 Å². The van der Waals surface area contributed by atoms with Gasteiger partial charge in [-0.15, -0.1) is 0 Å². The standard InChI is InChI=1S/C18H24N2O/c1-12-5-16(20(2)19-12)3-4-17(21)18-9-13-6-14(10-18)8-15(7-13)11-18/h3-5,13-15H,6-11H2,1-2H3/b4-3+. The van der Waals surface area contributed by atoms with Gasteiger partial charge in [-0.05, 0) is 81.4 Å². The van der Waals surface area contributed by atoms with E-state index >= 15 is 0 Å². The Labute approximate surface area is 126 Å². The highest BCUT2D eigenvalue weighted by Gasteiger charge is 2.53. The summed E-state index contributed by atoms with van der Waals surface area (Å²) >= 11 is 0. The van der Waals surface area contributed by atoms with Crippen LogP contribution in [0.15, 0.2) is 12.1 Å². The summed E-state index contributed by atoms with van der Waals surface area (Å²) in [5.74, 6) is 2.85. The van der Waals surface area contributed by atoms with Crippen molar-refractivity contribution in [2.75, 3.05) is 0 Å². The number of carbonyl (C=O) groups is 1. The molecule has 0 aliphatic heterocycles. The Hall–Kier alpha value is -1.38. The molecule has 3 heteroatoms. The highest BCUT2D eigenvalue weighted by molar-refractivity contribution is 5.98. The predicted octanol–water partition coefficient (Wildman–Crippen LogP) is 3.53. The van der Waals surface area contributed by atoms with Gasteiger partial charge in [0.15, 0.2) is 5.78 Å². The molecule has 1 heterocycles. The lowest BCUT2D eigenvalue weighted by molar-refractivity contribution is -0.138. The largest absolute Gasteiger partial charge is 0.294 e. The van der Waals surface area contributed by atoms with Crippen molar-refractivity contribution in [2.45, 2.75) is 45.4 Å². The third-order valence-corrected chi connectivity index (χ3v) is 6.00. The van der Waals surface area contributed by atoms with Gasteiger partial charge in [-0.25, -0.2) is 0 Å². The fourth-order valence-electron chi connectivity index (χ4n) is 5.54. The molecule has 0 atom stereocenters. The van der Waals surface area contributed by atoms with Crippen LogP contribution in [-0.2, 0) is 11.8 Å². The summed E-state index contributed by atoms with van der Waals surface area (Å²) in [5, 5.41) is 4.34. The molecule has 4 aliphatic carbocycles.